The lowest BCUT2D eigenvalue weighted by Crippen LogP contribution is -1.94. The summed E-state index contributed by atoms with van der Waals surface area (Å²) < 4.78 is 2.67. The molecule has 7 aromatic rings. The zero-order chi connectivity index (χ0) is 25.3. The van der Waals surface area contributed by atoms with E-state index in [0.29, 0.717) is 0 Å². The highest BCUT2D eigenvalue weighted by molar-refractivity contribution is 7.26. The molecule has 0 aliphatic heterocycles. The lowest BCUT2D eigenvalue weighted by molar-refractivity contribution is 1.52. The van der Waals surface area contributed by atoms with Crippen LogP contribution in [0.3, 0.4) is 0 Å². The molecule has 2 heteroatoms. The van der Waals surface area contributed by atoms with E-state index >= 15 is 0 Å². The van der Waals surface area contributed by atoms with Crippen LogP contribution in [0.4, 0.5) is 11.4 Å². The average molecular weight is 504 g/mol. The average Bonchev–Trinajstić information content (AvgIpc) is 3.38. The van der Waals surface area contributed by atoms with Gasteiger partial charge in [-0.15, -0.1) is 11.3 Å². The van der Waals surface area contributed by atoms with Crippen molar-refractivity contribution in [2.75, 3.05) is 5.32 Å². The zero-order valence-electron chi connectivity index (χ0n) is 20.8. The Morgan fingerprint density at radius 1 is 0.421 bits per heavy atom. The third kappa shape index (κ3) is 4.15. The summed E-state index contributed by atoms with van der Waals surface area (Å²) in [6.45, 7) is 0. The molecule has 0 aliphatic rings. The topological polar surface area (TPSA) is 12.0 Å². The highest BCUT2D eigenvalue weighted by Crippen LogP contribution is 2.42. The van der Waals surface area contributed by atoms with Gasteiger partial charge in [-0.3, -0.25) is 0 Å². The van der Waals surface area contributed by atoms with Gasteiger partial charge in [0.15, 0.2) is 0 Å². The van der Waals surface area contributed by atoms with Gasteiger partial charge >= 0.3 is 0 Å². The van der Waals surface area contributed by atoms with Gasteiger partial charge in [-0.1, -0.05) is 115 Å². The second kappa shape index (κ2) is 9.66. The van der Waals surface area contributed by atoms with Crippen LogP contribution in [0.25, 0.3) is 53.6 Å². The summed E-state index contributed by atoms with van der Waals surface area (Å²) in [6.07, 6.45) is 0. The summed E-state index contributed by atoms with van der Waals surface area (Å²) >= 11 is 1.88. The third-order valence-electron chi connectivity index (χ3n) is 7.09. The number of anilines is 2. The Morgan fingerprint density at radius 2 is 1.05 bits per heavy atom. The molecule has 0 atom stereocenters. The second-order valence-electron chi connectivity index (χ2n) is 9.48. The zero-order valence-corrected chi connectivity index (χ0v) is 21.6. The second-order valence-corrected chi connectivity index (χ2v) is 10.5. The van der Waals surface area contributed by atoms with Gasteiger partial charge in [-0.05, 0) is 58.1 Å². The number of hydrogen-bond donors (Lipinski definition) is 1. The predicted octanol–water partition coefficient (Wildman–Crippen LogP) is 10.8. The van der Waals surface area contributed by atoms with Gasteiger partial charge in [-0.25, -0.2) is 0 Å². The van der Waals surface area contributed by atoms with Crippen molar-refractivity contribution in [2.24, 2.45) is 0 Å². The SMILES string of the molecule is c1ccc(-c2ccc(Nc3ccc(-c4cccc5c4sc4ccccc45)cc3-c3ccccc3)cc2)cc1. The molecule has 0 radical (unpaired) electrons. The molecule has 0 fully saturated rings. The molecule has 180 valence electrons. The smallest absolute Gasteiger partial charge is 0.0464 e. The van der Waals surface area contributed by atoms with E-state index in [1.54, 1.807) is 0 Å². The Kier molecular flexibility index (Phi) is 5.73. The first-order valence-electron chi connectivity index (χ1n) is 12.9. The van der Waals surface area contributed by atoms with Crippen LogP contribution in [0, 0.1) is 0 Å². The van der Waals surface area contributed by atoms with Crippen LogP contribution >= 0.6 is 11.3 Å². The molecule has 1 aromatic heterocycles. The van der Waals surface area contributed by atoms with Crippen LogP contribution < -0.4 is 5.32 Å². The van der Waals surface area contributed by atoms with Gasteiger partial charge in [0.1, 0.15) is 0 Å². The molecule has 0 spiro atoms. The molecule has 1 N–H and O–H groups in total. The minimum atomic E-state index is 1.07. The van der Waals surface area contributed by atoms with Crippen molar-refractivity contribution in [3.05, 3.63) is 146 Å². The number of thiophene rings is 1. The standard InChI is InChI=1S/C36H25NS/c1-3-10-25(11-4-1)26-18-21-29(22-19-26)37-34-23-20-28(24-33(34)27-12-5-2-6-13-27)30-15-9-16-32-31-14-7-8-17-35(31)38-36(30)32/h1-24,37H. The lowest BCUT2D eigenvalue weighted by atomic mass is 9.96. The van der Waals surface area contributed by atoms with Crippen molar-refractivity contribution < 1.29 is 0 Å². The molecule has 0 aliphatic carbocycles. The minimum absolute atomic E-state index is 1.07. The molecule has 38 heavy (non-hydrogen) atoms. The van der Waals surface area contributed by atoms with E-state index in [9.17, 15) is 0 Å². The van der Waals surface area contributed by atoms with E-state index in [4.69, 9.17) is 0 Å². The number of rotatable bonds is 5. The molecule has 0 bridgehead atoms. The van der Waals surface area contributed by atoms with Crippen molar-refractivity contribution in [2.45, 2.75) is 0 Å². The minimum Gasteiger partial charge on any atom is -0.355 e. The Labute approximate surface area is 226 Å². The molecular weight excluding hydrogens is 478 g/mol. The van der Waals surface area contributed by atoms with Crippen molar-refractivity contribution >= 4 is 42.9 Å². The van der Waals surface area contributed by atoms with E-state index in [0.717, 1.165) is 11.4 Å². The maximum Gasteiger partial charge on any atom is 0.0464 e. The normalized spacial score (nSPS) is 11.2. The van der Waals surface area contributed by atoms with Crippen molar-refractivity contribution in [3.8, 4) is 33.4 Å². The highest BCUT2D eigenvalue weighted by Gasteiger charge is 2.13. The Morgan fingerprint density at radius 3 is 1.84 bits per heavy atom. The molecule has 1 nitrogen and oxygen atoms in total. The van der Waals surface area contributed by atoms with Gasteiger partial charge in [0, 0.05) is 37.1 Å². The van der Waals surface area contributed by atoms with Crippen molar-refractivity contribution in [1.29, 1.82) is 0 Å². The fourth-order valence-corrected chi connectivity index (χ4v) is 6.42. The first-order chi connectivity index (χ1) is 18.8. The van der Waals surface area contributed by atoms with Crippen LogP contribution in [0.2, 0.25) is 0 Å². The quantitative estimate of drug-likeness (QED) is 0.246. The largest absolute Gasteiger partial charge is 0.355 e. The fourth-order valence-electron chi connectivity index (χ4n) is 5.18. The van der Waals surface area contributed by atoms with E-state index in [2.05, 4.69) is 151 Å². The summed E-state index contributed by atoms with van der Waals surface area (Å²) in [5.74, 6) is 0. The lowest BCUT2D eigenvalue weighted by Gasteiger charge is -2.15. The Bertz CT molecular complexity index is 1870. The van der Waals surface area contributed by atoms with Crippen molar-refractivity contribution in [1.82, 2.24) is 0 Å². The van der Waals surface area contributed by atoms with E-state index in [1.807, 2.05) is 11.3 Å². The first-order valence-corrected chi connectivity index (χ1v) is 13.7. The summed E-state index contributed by atoms with van der Waals surface area (Å²) in [5.41, 5.74) is 9.49. The maximum absolute atomic E-state index is 3.69. The first kappa shape index (κ1) is 22.5. The van der Waals surface area contributed by atoms with E-state index < -0.39 is 0 Å². The van der Waals surface area contributed by atoms with Crippen LogP contribution in [0.1, 0.15) is 0 Å². The van der Waals surface area contributed by atoms with Crippen LogP contribution in [0.5, 0.6) is 0 Å². The van der Waals surface area contributed by atoms with Gasteiger partial charge < -0.3 is 5.32 Å². The van der Waals surface area contributed by atoms with E-state index in [-0.39, 0.29) is 0 Å². The number of hydrogen-bond acceptors (Lipinski definition) is 2. The summed E-state index contributed by atoms with van der Waals surface area (Å²) in [5, 5.41) is 6.34. The fraction of sp³-hybridized carbons (Fsp3) is 0. The molecule has 1 heterocycles. The molecular formula is C36H25NS. The van der Waals surface area contributed by atoms with E-state index in [1.165, 1.54) is 53.6 Å². The van der Waals surface area contributed by atoms with Crippen LogP contribution in [-0.2, 0) is 0 Å². The van der Waals surface area contributed by atoms with Crippen LogP contribution in [-0.4, -0.2) is 0 Å². The Hall–Kier alpha value is -4.66. The van der Waals surface area contributed by atoms with Gasteiger partial charge in [0.05, 0.1) is 0 Å². The number of benzene rings is 6. The van der Waals surface area contributed by atoms with Crippen molar-refractivity contribution in [3.63, 3.8) is 0 Å². The van der Waals surface area contributed by atoms with Gasteiger partial charge in [0.25, 0.3) is 0 Å². The molecule has 0 amide bonds. The Balaban J connectivity index is 1.31. The monoisotopic (exact) mass is 503 g/mol. The third-order valence-corrected chi connectivity index (χ3v) is 8.31. The van der Waals surface area contributed by atoms with Gasteiger partial charge in [-0.2, -0.15) is 0 Å². The van der Waals surface area contributed by atoms with Gasteiger partial charge in [0.2, 0.25) is 0 Å². The molecule has 0 unspecified atom stereocenters. The summed E-state index contributed by atoms with van der Waals surface area (Å²) in [7, 11) is 0. The summed E-state index contributed by atoms with van der Waals surface area (Å²) in [6, 6.07) is 52.0. The highest BCUT2D eigenvalue weighted by atomic mass is 32.1. The molecule has 7 rings (SSSR count). The maximum atomic E-state index is 3.69. The molecule has 6 aromatic carbocycles. The molecule has 0 saturated heterocycles. The molecule has 0 saturated carbocycles. The number of fused-ring (bicyclic) bond motifs is 3. The van der Waals surface area contributed by atoms with Crippen LogP contribution in [0.15, 0.2) is 146 Å². The predicted molar refractivity (Wildman–Crippen MR) is 165 cm³/mol. The summed E-state index contributed by atoms with van der Waals surface area (Å²) in [4.78, 5) is 0. The number of nitrogens with one attached hydrogen (secondary N) is 1.